The van der Waals surface area contributed by atoms with Gasteiger partial charge in [0.15, 0.2) is 0 Å². The molecular formula is C30H38N4O. The average molecular weight is 471 g/mol. The molecule has 1 saturated carbocycles. The Morgan fingerprint density at radius 1 is 0.857 bits per heavy atom. The molecule has 6 rings (SSSR count). The third kappa shape index (κ3) is 4.35. The summed E-state index contributed by atoms with van der Waals surface area (Å²) in [7, 11) is 2.12. The van der Waals surface area contributed by atoms with Gasteiger partial charge in [-0.05, 0) is 55.5 Å². The van der Waals surface area contributed by atoms with Gasteiger partial charge in [0, 0.05) is 80.2 Å². The molecule has 3 aliphatic rings. The van der Waals surface area contributed by atoms with Crippen molar-refractivity contribution in [3.8, 4) is 0 Å². The van der Waals surface area contributed by atoms with Gasteiger partial charge in [0.1, 0.15) is 0 Å². The van der Waals surface area contributed by atoms with E-state index in [2.05, 4.69) is 81.0 Å². The number of para-hydroxylation sites is 1. The summed E-state index contributed by atoms with van der Waals surface area (Å²) in [6, 6.07) is 17.8. The lowest BCUT2D eigenvalue weighted by atomic mass is 9.86. The van der Waals surface area contributed by atoms with E-state index in [1.807, 2.05) is 0 Å². The molecular weight excluding hydrogens is 432 g/mol. The van der Waals surface area contributed by atoms with Gasteiger partial charge in [-0.3, -0.25) is 9.69 Å². The van der Waals surface area contributed by atoms with E-state index in [0.29, 0.717) is 5.91 Å². The summed E-state index contributed by atoms with van der Waals surface area (Å²) < 4.78 is 2.20. The number of hydrogen-bond acceptors (Lipinski definition) is 3. The number of hydrogen-bond donors (Lipinski definition) is 0. The zero-order chi connectivity index (χ0) is 23.8. The number of carbonyl (C=O) groups excluding carboxylic acids is 1. The lowest BCUT2D eigenvalue weighted by Gasteiger charge is -2.44. The molecule has 1 saturated heterocycles. The molecule has 2 aromatic carbocycles. The molecule has 35 heavy (non-hydrogen) atoms. The van der Waals surface area contributed by atoms with Crippen molar-refractivity contribution in [2.75, 3.05) is 42.5 Å². The number of piperazine rings is 1. The number of fused-ring (bicyclic) bond motifs is 2. The maximum absolute atomic E-state index is 13.8. The molecule has 184 valence electrons. The Labute approximate surface area is 209 Å². The van der Waals surface area contributed by atoms with Crippen LogP contribution in [-0.2, 0) is 18.3 Å². The van der Waals surface area contributed by atoms with Gasteiger partial charge in [-0.15, -0.1) is 0 Å². The van der Waals surface area contributed by atoms with Crippen LogP contribution in [0.4, 0.5) is 11.4 Å². The second-order valence-corrected chi connectivity index (χ2v) is 10.8. The fraction of sp³-hybridized carbons (Fsp3) is 0.500. The van der Waals surface area contributed by atoms with Gasteiger partial charge in [0.2, 0.25) is 5.91 Å². The fourth-order valence-corrected chi connectivity index (χ4v) is 6.65. The van der Waals surface area contributed by atoms with Crippen LogP contribution in [0.2, 0.25) is 0 Å². The fourth-order valence-electron chi connectivity index (χ4n) is 6.65. The van der Waals surface area contributed by atoms with Crippen LogP contribution >= 0.6 is 0 Å². The van der Waals surface area contributed by atoms with Crippen molar-refractivity contribution >= 4 is 28.2 Å². The molecule has 1 aliphatic carbocycles. The van der Waals surface area contributed by atoms with Crippen LogP contribution in [-0.4, -0.2) is 54.1 Å². The molecule has 1 unspecified atom stereocenters. The van der Waals surface area contributed by atoms with Crippen LogP contribution in [0.15, 0.2) is 54.7 Å². The summed E-state index contributed by atoms with van der Waals surface area (Å²) in [5.41, 5.74) is 5.16. The molecule has 3 aromatic rings. The maximum Gasteiger partial charge on any atom is 0.230 e. The molecule has 2 aliphatic heterocycles. The third-order valence-electron chi connectivity index (χ3n) is 8.64. The summed E-state index contributed by atoms with van der Waals surface area (Å²) >= 11 is 0. The summed E-state index contributed by atoms with van der Waals surface area (Å²) in [5.74, 6) is 0.594. The number of amides is 1. The van der Waals surface area contributed by atoms with Crippen molar-refractivity contribution in [1.29, 1.82) is 0 Å². The van der Waals surface area contributed by atoms with Crippen LogP contribution in [0.3, 0.4) is 0 Å². The Morgan fingerprint density at radius 2 is 1.63 bits per heavy atom. The van der Waals surface area contributed by atoms with Gasteiger partial charge in [0.25, 0.3) is 0 Å². The van der Waals surface area contributed by atoms with Gasteiger partial charge in [-0.1, -0.05) is 43.5 Å². The maximum atomic E-state index is 13.8. The molecule has 3 heterocycles. The van der Waals surface area contributed by atoms with Crippen molar-refractivity contribution in [1.82, 2.24) is 9.47 Å². The highest BCUT2D eigenvalue weighted by Gasteiger charge is 2.36. The first-order chi connectivity index (χ1) is 17.2. The van der Waals surface area contributed by atoms with Crippen molar-refractivity contribution in [2.45, 2.75) is 51.0 Å². The van der Waals surface area contributed by atoms with Crippen LogP contribution in [0.25, 0.3) is 10.9 Å². The van der Waals surface area contributed by atoms with Gasteiger partial charge in [-0.25, -0.2) is 0 Å². The minimum atomic E-state index is 0.209. The van der Waals surface area contributed by atoms with Crippen molar-refractivity contribution in [3.63, 3.8) is 0 Å². The number of rotatable bonds is 4. The van der Waals surface area contributed by atoms with E-state index in [9.17, 15) is 4.79 Å². The van der Waals surface area contributed by atoms with E-state index in [0.717, 1.165) is 58.4 Å². The molecule has 0 radical (unpaired) electrons. The summed E-state index contributed by atoms with van der Waals surface area (Å²) in [6.07, 6.45) is 10.1. The van der Waals surface area contributed by atoms with Crippen LogP contribution in [0, 0.1) is 5.92 Å². The Morgan fingerprint density at radius 3 is 2.46 bits per heavy atom. The van der Waals surface area contributed by atoms with Crippen LogP contribution < -0.4 is 9.80 Å². The van der Waals surface area contributed by atoms with E-state index < -0.39 is 0 Å². The number of carbonyl (C=O) groups is 1. The van der Waals surface area contributed by atoms with Gasteiger partial charge in [0.05, 0.1) is 0 Å². The minimum absolute atomic E-state index is 0.209. The Kier molecular flexibility index (Phi) is 6.28. The largest absolute Gasteiger partial charge is 0.368 e. The molecule has 0 bridgehead atoms. The Balaban J connectivity index is 1.17. The highest BCUT2D eigenvalue weighted by Crippen LogP contribution is 2.35. The number of nitrogens with zero attached hydrogens (tertiary/aromatic N) is 4. The normalized spacial score (nSPS) is 21.9. The van der Waals surface area contributed by atoms with Gasteiger partial charge >= 0.3 is 0 Å². The number of benzene rings is 2. The van der Waals surface area contributed by atoms with E-state index in [1.165, 1.54) is 47.1 Å². The SMILES string of the molecule is Cn1ccc2c(N3CCN(CC4CCc5ccccc5N4C(=O)C4CCCCC4)CC3)cccc21. The summed E-state index contributed by atoms with van der Waals surface area (Å²) in [5, 5.41) is 1.34. The first kappa shape index (κ1) is 22.7. The standard InChI is InChI=1S/C30H38N4O/c1-31-17-16-26-28(31)12-7-13-29(26)33-20-18-32(19-21-33)22-25-15-14-23-8-5-6-11-27(23)34(25)30(35)24-9-3-2-4-10-24/h5-8,11-13,16-17,24-25H,2-4,9-10,14-15,18-22H2,1H3. The molecule has 1 atom stereocenters. The quantitative estimate of drug-likeness (QED) is 0.523. The second kappa shape index (κ2) is 9.69. The van der Waals surface area contributed by atoms with Gasteiger partial charge in [-0.2, -0.15) is 0 Å². The summed E-state index contributed by atoms with van der Waals surface area (Å²) in [4.78, 5) is 21.2. The van der Waals surface area contributed by atoms with Crippen molar-refractivity contribution in [2.24, 2.45) is 13.0 Å². The first-order valence-electron chi connectivity index (χ1n) is 13.6. The highest BCUT2D eigenvalue weighted by molar-refractivity contribution is 5.97. The highest BCUT2D eigenvalue weighted by atomic mass is 16.2. The van der Waals surface area contributed by atoms with E-state index in [-0.39, 0.29) is 12.0 Å². The lowest BCUT2D eigenvalue weighted by Crippen LogP contribution is -2.55. The molecule has 2 fully saturated rings. The van der Waals surface area contributed by atoms with Crippen LogP contribution in [0.1, 0.15) is 44.1 Å². The monoisotopic (exact) mass is 470 g/mol. The van der Waals surface area contributed by atoms with E-state index in [4.69, 9.17) is 0 Å². The van der Waals surface area contributed by atoms with E-state index >= 15 is 0 Å². The molecule has 0 N–H and O–H groups in total. The minimum Gasteiger partial charge on any atom is -0.368 e. The predicted molar refractivity (Wildman–Crippen MR) is 144 cm³/mol. The topological polar surface area (TPSA) is 31.7 Å². The molecule has 5 heteroatoms. The average Bonchev–Trinajstić information content (AvgIpc) is 3.30. The third-order valence-corrected chi connectivity index (χ3v) is 8.64. The Bertz CT molecular complexity index is 1190. The van der Waals surface area contributed by atoms with Gasteiger partial charge < -0.3 is 14.4 Å². The second-order valence-electron chi connectivity index (χ2n) is 10.8. The molecule has 1 aromatic heterocycles. The number of anilines is 2. The number of aromatic nitrogens is 1. The predicted octanol–water partition coefficient (Wildman–Crippen LogP) is 5.23. The summed E-state index contributed by atoms with van der Waals surface area (Å²) in [6.45, 7) is 5.15. The number of aryl methyl sites for hydroxylation is 2. The molecule has 0 spiro atoms. The molecule has 1 amide bonds. The first-order valence-corrected chi connectivity index (χ1v) is 13.6. The smallest absolute Gasteiger partial charge is 0.230 e. The van der Waals surface area contributed by atoms with Crippen molar-refractivity contribution < 1.29 is 4.79 Å². The van der Waals surface area contributed by atoms with Crippen LogP contribution in [0.5, 0.6) is 0 Å². The Hall–Kier alpha value is -2.79. The molecule has 5 nitrogen and oxygen atoms in total. The zero-order valence-corrected chi connectivity index (χ0v) is 21.0. The lowest BCUT2D eigenvalue weighted by molar-refractivity contribution is -0.124. The van der Waals surface area contributed by atoms with Crippen molar-refractivity contribution in [3.05, 3.63) is 60.3 Å². The zero-order valence-electron chi connectivity index (χ0n) is 21.0. The van der Waals surface area contributed by atoms with E-state index in [1.54, 1.807) is 0 Å².